The molecule has 0 aromatic heterocycles. The fraction of sp³-hybridized carbons (Fsp3) is 0.833. The zero-order valence-corrected chi connectivity index (χ0v) is 7.84. The number of nitrogens with two attached hydrogens (primary N) is 1. The minimum absolute atomic E-state index is 0.203. The summed E-state index contributed by atoms with van der Waals surface area (Å²) in [6.45, 7) is 2.80. The van der Waals surface area contributed by atoms with Crippen molar-refractivity contribution in [3.63, 3.8) is 0 Å². The lowest BCUT2D eigenvalue weighted by molar-refractivity contribution is -0.118. The van der Waals surface area contributed by atoms with E-state index in [0.29, 0.717) is 6.42 Å². The van der Waals surface area contributed by atoms with Crippen LogP contribution in [0.15, 0.2) is 0 Å². The van der Waals surface area contributed by atoms with Gasteiger partial charge in [-0.2, -0.15) is 0 Å². The van der Waals surface area contributed by atoms with Crippen LogP contribution in [0, 0.1) is 0 Å². The smallest absolute Gasteiger partial charge is 0.217 e. The van der Waals surface area contributed by atoms with Crippen LogP contribution in [0.1, 0.15) is 19.8 Å². The first-order chi connectivity index (χ1) is 4.77. The number of rotatable bonds is 6. The highest BCUT2D eigenvalue weighted by Crippen LogP contribution is 1.93. The molecule has 0 atom stereocenters. The molecule has 4 heteroatoms. The predicted molar refractivity (Wildman–Crippen MR) is 43.4 cm³/mol. The predicted octanol–water partition coefficient (Wildman–Crippen LogP) is -0.209. The molecule has 3 nitrogen and oxygen atoms in total. The fourth-order valence-corrected chi connectivity index (χ4v) is 1.59. The quantitative estimate of drug-likeness (QED) is 0.433. The van der Waals surface area contributed by atoms with Gasteiger partial charge in [-0.1, -0.05) is 0 Å². The molecule has 0 rings (SSSR count). The van der Waals surface area contributed by atoms with E-state index in [1.807, 2.05) is 6.92 Å². The van der Waals surface area contributed by atoms with E-state index in [2.05, 4.69) is 0 Å². The van der Waals surface area contributed by atoms with Crippen molar-refractivity contribution in [1.29, 1.82) is 0 Å². The molecule has 0 unspecified atom stereocenters. The van der Waals surface area contributed by atoms with Crippen molar-refractivity contribution >= 4 is 15.7 Å². The first-order valence-electron chi connectivity index (χ1n) is 3.63. The molecule has 0 heterocycles. The van der Waals surface area contributed by atoms with E-state index < -0.39 is 0 Å². The van der Waals surface area contributed by atoms with Gasteiger partial charge in [0.15, 0.2) is 9.76 Å². The Balaban J connectivity index is 2.84. The average Bonchev–Trinajstić information content (AvgIpc) is 1.87. The summed E-state index contributed by atoms with van der Waals surface area (Å²) >= 11 is 0. The zero-order valence-electron chi connectivity index (χ0n) is 6.43. The monoisotopic (exact) mass is 161 g/mol. The molecule has 0 saturated carbocycles. The Kier molecular flexibility index (Phi) is 6.52. The standard InChI is InChI=1S/C6H15NO2Si/c1-2-9-10-5-3-4-6(7)8/h2-5,10H2,1H3,(H2,7,8). The van der Waals surface area contributed by atoms with Crippen LogP contribution in [0.3, 0.4) is 0 Å². The summed E-state index contributed by atoms with van der Waals surface area (Å²) in [6.07, 6.45) is 1.42. The van der Waals surface area contributed by atoms with Gasteiger partial charge < -0.3 is 10.2 Å². The van der Waals surface area contributed by atoms with Gasteiger partial charge in [0.2, 0.25) is 5.91 Å². The normalized spacial score (nSPS) is 10.9. The Labute approximate surface area is 63.9 Å². The number of carbonyl (C=O) groups is 1. The van der Waals surface area contributed by atoms with E-state index in [-0.39, 0.29) is 15.7 Å². The van der Waals surface area contributed by atoms with Gasteiger partial charge in [-0.25, -0.2) is 0 Å². The minimum Gasteiger partial charge on any atom is -0.424 e. The van der Waals surface area contributed by atoms with Gasteiger partial charge in [-0.3, -0.25) is 4.79 Å². The highest BCUT2D eigenvalue weighted by atomic mass is 28.2. The van der Waals surface area contributed by atoms with Gasteiger partial charge in [0.05, 0.1) is 0 Å². The molecular weight excluding hydrogens is 146 g/mol. The summed E-state index contributed by atoms with van der Waals surface area (Å²) < 4.78 is 5.20. The Hall–Kier alpha value is -0.353. The molecule has 0 aromatic rings. The first kappa shape index (κ1) is 9.65. The highest BCUT2D eigenvalue weighted by molar-refractivity contribution is 6.27. The van der Waals surface area contributed by atoms with Crippen molar-refractivity contribution in [3.05, 3.63) is 0 Å². The van der Waals surface area contributed by atoms with E-state index in [1.54, 1.807) is 0 Å². The number of amides is 1. The molecule has 1 amide bonds. The van der Waals surface area contributed by atoms with Crippen LogP contribution in [0.2, 0.25) is 6.04 Å². The van der Waals surface area contributed by atoms with Crippen molar-refractivity contribution in [1.82, 2.24) is 0 Å². The Morgan fingerprint density at radius 2 is 2.40 bits per heavy atom. The summed E-state index contributed by atoms with van der Waals surface area (Å²) in [5, 5.41) is 0. The maximum Gasteiger partial charge on any atom is 0.217 e. The summed E-state index contributed by atoms with van der Waals surface area (Å²) in [6, 6.07) is 1.07. The van der Waals surface area contributed by atoms with Crippen molar-refractivity contribution < 1.29 is 9.22 Å². The third-order valence-electron chi connectivity index (χ3n) is 1.17. The van der Waals surface area contributed by atoms with Crippen molar-refractivity contribution in [2.45, 2.75) is 25.8 Å². The summed E-state index contributed by atoms with van der Waals surface area (Å²) in [4.78, 5) is 10.2. The topological polar surface area (TPSA) is 52.3 Å². The van der Waals surface area contributed by atoms with E-state index in [0.717, 1.165) is 19.1 Å². The number of primary amides is 1. The van der Waals surface area contributed by atoms with Gasteiger partial charge in [0, 0.05) is 13.0 Å². The van der Waals surface area contributed by atoms with Crippen LogP contribution in [0.25, 0.3) is 0 Å². The van der Waals surface area contributed by atoms with Gasteiger partial charge in [-0.15, -0.1) is 0 Å². The molecule has 0 saturated heterocycles. The molecule has 2 N–H and O–H groups in total. The van der Waals surface area contributed by atoms with Gasteiger partial charge >= 0.3 is 0 Å². The largest absolute Gasteiger partial charge is 0.424 e. The van der Waals surface area contributed by atoms with Gasteiger partial charge in [-0.05, 0) is 19.4 Å². The lowest BCUT2D eigenvalue weighted by atomic mass is 10.3. The van der Waals surface area contributed by atoms with Crippen molar-refractivity contribution in [3.8, 4) is 0 Å². The van der Waals surface area contributed by atoms with Crippen LogP contribution >= 0.6 is 0 Å². The lowest BCUT2D eigenvalue weighted by Gasteiger charge is -1.97. The molecule has 0 aromatic carbocycles. The molecule has 0 aliphatic carbocycles. The maximum atomic E-state index is 10.2. The lowest BCUT2D eigenvalue weighted by Crippen LogP contribution is -2.10. The van der Waals surface area contributed by atoms with Crippen LogP contribution in [0.5, 0.6) is 0 Å². The molecular formula is C6H15NO2Si. The van der Waals surface area contributed by atoms with Crippen molar-refractivity contribution in [2.75, 3.05) is 6.61 Å². The summed E-state index contributed by atoms with van der Waals surface area (Å²) in [5.41, 5.74) is 4.94. The molecule has 0 spiro atoms. The Bertz CT molecular complexity index is 97.7. The van der Waals surface area contributed by atoms with Crippen LogP contribution < -0.4 is 5.73 Å². The highest BCUT2D eigenvalue weighted by Gasteiger charge is 1.93. The number of carbonyl (C=O) groups excluding carboxylic acids is 1. The second kappa shape index (κ2) is 6.76. The summed E-state index contributed by atoms with van der Waals surface area (Å²) in [5.74, 6) is -0.203. The second-order valence-corrected chi connectivity index (χ2v) is 3.64. The Morgan fingerprint density at radius 1 is 1.70 bits per heavy atom. The van der Waals surface area contributed by atoms with E-state index in [9.17, 15) is 4.79 Å². The first-order valence-corrected chi connectivity index (χ1v) is 5.21. The zero-order chi connectivity index (χ0) is 7.82. The average molecular weight is 161 g/mol. The van der Waals surface area contributed by atoms with E-state index >= 15 is 0 Å². The van der Waals surface area contributed by atoms with E-state index in [1.165, 1.54) is 0 Å². The molecule has 0 fully saturated rings. The third-order valence-corrected chi connectivity index (χ3v) is 2.65. The molecule has 0 radical (unpaired) electrons. The Morgan fingerprint density at radius 3 is 2.90 bits per heavy atom. The molecule has 0 aliphatic heterocycles. The second-order valence-electron chi connectivity index (χ2n) is 2.12. The van der Waals surface area contributed by atoms with E-state index in [4.69, 9.17) is 10.2 Å². The number of hydrogen-bond acceptors (Lipinski definition) is 2. The van der Waals surface area contributed by atoms with Gasteiger partial charge in [0.1, 0.15) is 0 Å². The fourth-order valence-electron chi connectivity index (χ4n) is 0.648. The molecule has 60 valence electrons. The molecule has 0 aliphatic rings. The molecule has 10 heavy (non-hydrogen) atoms. The van der Waals surface area contributed by atoms with Crippen LogP contribution in [-0.4, -0.2) is 22.3 Å². The summed E-state index contributed by atoms with van der Waals surface area (Å²) in [7, 11) is -0.339. The minimum atomic E-state index is -0.339. The molecule has 0 bridgehead atoms. The SMILES string of the molecule is CCO[SiH2]CCCC(N)=O. The third kappa shape index (κ3) is 7.65. The van der Waals surface area contributed by atoms with Crippen LogP contribution in [-0.2, 0) is 9.22 Å². The van der Waals surface area contributed by atoms with Gasteiger partial charge in [0.25, 0.3) is 0 Å². The number of hydrogen-bond donors (Lipinski definition) is 1. The van der Waals surface area contributed by atoms with Crippen LogP contribution in [0.4, 0.5) is 0 Å². The maximum absolute atomic E-state index is 10.2. The van der Waals surface area contributed by atoms with Crippen molar-refractivity contribution in [2.24, 2.45) is 5.73 Å².